The maximum atomic E-state index is 5.60. The van der Waals surface area contributed by atoms with Crippen molar-refractivity contribution >= 4 is 0 Å². The number of rotatable bonds is 4. The molecule has 0 spiro atoms. The lowest BCUT2D eigenvalue weighted by atomic mass is 10.1. The van der Waals surface area contributed by atoms with Crippen LogP contribution in [-0.2, 0) is 4.74 Å². The Labute approximate surface area is 87.8 Å². The van der Waals surface area contributed by atoms with Crippen molar-refractivity contribution in [3.05, 3.63) is 0 Å². The quantitative estimate of drug-likeness (QED) is 0.735. The van der Waals surface area contributed by atoms with Crippen LogP contribution in [0.25, 0.3) is 0 Å². The Hall–Kier alpha value is -0.120. The zero-order valence-corrected chi connectivity index (χ0v) is 9.92. The van der Waals surface area contributed by atoms with Gasteiger partial charge >= 0.3 is 0 Å². The molecule has 1 heterocycles. The lowest BCUT2D eigenvalue weighted by Gasteiger charge is -2.37. The molecule has 0 saturated carbocycles. The number of ether oxygens (including phenoxy) is 1. The Balaban J connectivity index is 2.27. The Morgan fingerprint density at radius 2 is 2.21 bits per heavy atom. The topological polar surface area (TPSA) is 24.5 Å². The smallest absolute Gasteiger partial charge is 0.0674 e. The van der Waals surface area contributed by atoms with Gasteiger partial charge in [-0.1, -0.05) is 0 Å². The summed E-state index contributed by atoms with van der Waals surface area (Å²) >= 11 is 0. The summed E-state index contributed by atoms with van der Waals surface area (Å²) in [6.07, 6.45) is 1.61. The largest absolute Gasteiger partial charge is 0.376 e. The summed E-state index contributed by atoms with van der Waals surface area (Å²) in [6.45, 7) is 9.77. The van der Waals surface area contributed by atoms with E-state index >= 15 is 0 Å². The summed E-state index contributed by atoms with van der Waals surface area (Å²) in [4.78, 5) is 2.53. The van der Waals surface area contributed by atoms with Gasteiger partial charge in [0.25, 0.3) is 0 Å². The lowest BCUT2D eigenvalue weighted by molar-refractivity contribution is -0.0500. The normalized spacial score (nSPS) is 31.7. The third-order valence-corrected chi connectivity index (χ3v) is 3.08. The minimum absolute atomic E-state index is 0.399. The van der Waals surface area contributed by atoms with Gasteiger partial charge in [0, 0.05) is 25.2 Å². The molecule has 1 saturated heterocycles. The van der Waals surface area contributed by atoms with Gasteiger partial charge in [0.05, 0.1) is 12.7 Å². The summed E-state index contributed by atoms with van der Waals surface area (Å²) in [5.74, 6) is 0. The predicted octanol–water partition coefficient (Wildman–Crippen LogP) is 1.09. The first-order valence-electron chi connectivity index (χ1n) is 5.66. The highest BCUT2D eigenvalue weighted by Gasteiger charge is 2.22. The van der Waals surface area contributed by atoms with Crippen molar-refractivity contribution in [1.29, 1.82) is 0 Å². The van der Waals surface area contributed by atoms with Gasteiger partial charge in [-0.2, -0.15) is 0 Å². The highest BCUT2D eigenvalue weighted by molar-refractivity contribution is 4.76. The van der Waals surface area contributed by atoms with Crippen LogP contribution in [0.2, 0.25) is 0 Å². The van der Waals surface area contributed by atoms with Crippen LogP contribution >= 0.6 is 0 Å². The fourth-order valence-corrected chi connectivity index (χ4v) is 1.79. The van der Waals surface area contributed by atoms with Crippen molar-refractivity contribution in [2.24, 2.45) is 0 Å². The molecule has 3 atom stereocenters. The van der Waals surface area contributed by atoms with Gasteiger partial charge in [0.1, 0.15) is 0 Å². The van der Waals surface area contributed by atoms with Crippen LogP contribution in [0.3, 0.4) is 0 Å². The molecule has 1 N–H and O–H groups in total. The Bertz CT molecular complexity index is 163. The van der Waals surface area contributed by atoms with Crippen LogP contribution in [0.4, 0.5) is 0 Å². The molecule has 0 aliphatic carbocycles. The summed E-state index contributed by atoms with van der Waals surface area (Å²) in [5, 5.41) is 3.27. The van der Waals surface area contributed by atoms with E-state index in [-0.39, 0.29) is 0 Å². The van der Waals surface area contributed by atoms with Gasteiger partial charge in [-0.05, 0) is 34.2 Å². The molecular weight excluding hydrogens is 176 g/mol. The average Bonchev–Trinajstić information content (AvgIpc) is 2.19. The molecule has 0 radical (unpaired) electrons. The standard InChI is InChI=1S/C11H24N2O/c1-9(12-4)5-6-13-7-11(3)14-8-10(13)2/h9-12H,5-8H2,1-4H3. The second-order valence-corrected chi connectivity index (χ2v) is 4.47. The highest BCUT2D eigenvalue weighted by Crippen LogP contribution is 2.11. The molecule has 3 nitrogen and oxygen atoms in total. The van der Waals surface area contributed by atoms with Gasteiger partial charge in [0.2, 0.25) is 0 Å². The van der Waals surface area contributed by atoms with Gasteiger partial charge < -0.3 is 10.1 Å². The van der Waals surface area contributed by atoms with Gasteiger partial charge in [0.15, 0.2) is 0 Å². The molecule has 1 aliphatic heterocycles. The molecular formula is C11H24N2O. The fraction of sp³-hybridized carbons (Fsp3) is 1.00. The zero-order valence-electron chi connectivity index (χ0n) is 9.92. The maximum absolute atomic E-state index is 5.60. The molecule has 0 aromatic heterocycles. The molecule has 3 unspecified atom stereocenters. The minimum atomic E-state index is 0.399. The summed E-state index contributed by atoms with van der Waals surface area (Å²) < 4.78 is 5.60. The zero-order chi connectivity index (χ0) is 10.6. The predicted molar refractivity (Wildman–Crippen MR) is 59.6 cm³/mol. The van der Waals surface area contributed by atoms with Crippen LogP contribution in [0.5, 0.6) is 0 Å². The van der Waals surface area contributed by atoms with E-state index in [1.807, 2.05) is 7.05 Å². The molecule has 84 valence electrons. The van der Waals surface area contributed by atoms with Crippen molar-refractivity contribution in [2.45, 2.75) is 45.4 Å². The summed E-state index contributed by atoms with van der Waals surface area (Å²) in [5.41, 5.74) is 0. The van der Waals surface area contributed by atoms with E-state index in [4.69, 9.17) is 4.74 Å². The molecule has 0 aromatic rings. The fourth-order valence-electron chi connectivity index (χ4n) is 1.79. The van der Waals surface area contributed by atoms with Crippen LogP contribution in [-0.4, -0.2) is 49.8 Å². The van der Waals surface area contributed by atoms with Crippen molar-refractivity contribution in [1.82, 2.24) is 10.2 Å². The van der Waals surface area contributed by atoms with E-state index in [2.05, 4.69) is 31.0 Å². The van der Waals surface area contributed by atoms with E-state index in [1.54, 1.807) is 0 Å². The van der Waals surface area contributed by atoms with E-state index in [1.165, 1.54) is 13.0 Å². The first-order valence-corrected chi connectivity index (χ1v) is 5.66. The summed E-state index contributed by atoms with van der Waals surface area (Å²) in [7, 11) is 2.02. The van der Waals surface area contributed by atoms with Crippen molar-refractivity contribution in [3.8, 4) is 0 Å². The Morgan fingerprint density at radius 3 is 2.86 bits per heavy atom. The second-order valence-electron chi connectivity index (χ2n) is 4.47. The van der Waals surface area contributed by atoms with Crippen LogP contribution in [0.15, 0.2) is 0 Å². The second kappa shape index (κ2) is 5.69. The SMILES string of the molecule is CNC(C)CCN1CC(C)OCC1C. The minimum Gasteiger partial charge on any atom is -0.376 e. The van der Waals surface area contributed by atoms with Crippen LogP contribution < -0.4 is 5.32 Å². The number of nitrogens with zero attached hydrogens (tertiary/aromatic N) is 1. The van der Waals surface area contributed by atoms with Gasteiger partial charge in [-0.3, -0.25) is 4.90 Å². The first-order chi connectivity index (χ1) is 6.63. The molecule has 3 heteroatoms. The molecule has 0 bridgehead atoms. The molecule has 1 rings (SSSR count). The molecule has 1 fully saturated rings. The Morgan fingerprint density at radius 1 is 1.50 bits per heavy atom. The van der Waals surface area contributed by atoms with Crippen molar-refractivity contribution in [3.63, 3.8) is 0 Å². The van der Waals surface area contributed by atoms with Gasteiger partial charge in [-0.25, -0.2) is 0 Å². The van der Waals surface area contributed by atoms with Crippen LogP contribution in [0, 0.1) is 0 Å². The molecule has 0 aromatic carbocycles. The van der Waals surface area contributed by atoms with E-state index in [0.717, 1.165) is 13.2 Å². The van der Waals surface area contributed by atoms with Crippen LogP contribution in [0.1, 0.15) is 27.2 Å². The van der Waals surface area contributed by atoms with Gasteiger partial charge in [-0.15, -0.1) is 0 Å². The number of morpholine rings is 1. The maximum Gasteiger partial charge on any atom is 0.0674 e. The number of nitrogens with one attached hydrogen (secondary N) is 1. The molecule has 14 heavy (non-hydrogen) atoms. The molecule has 1 aliphatic rings. The third kappa shape index (κ3) is 3.56. The Kier molecular flexibility index (Phi) is 4.85. The lowest BCUT2D eigenvalue weighted by Crippen LogP contribution is -2.48. The van der Waals surface area contributed by atoms with E-state index < -0.39 is 0 Å². The average molecular weight is 200 g/mol. The van der Waals surface area contributed by atoms with E-state index in [0.29, 0.717) is 18.2 Å². The van der Waals surface area contributed by atoms with Crippen molar-refractivity contribution < 1.29 is 4.74 Å². The summed E-state index contributed by atoms with van der Waals surface area (Å²) in [6, 6.07) is 1.19. The van der Waals surface area contributed by atoms with Crippen molar-refractivity contribution in [2.75, 3.05) is 26.7 Å². The number of hydrogen-bond donors (Lipinski definition) is 1. The highest BCUT2D eigenvalue weighted by atomic mass is 16.5. The number of hydrogen-bond acceptors (Lipinski definition) is 3. The first kappa shape index (κ1) is 12.0. The molecule has 0 amide bonds. The third-order valence-electron chi connectivity index (χ3n) is 3.08. The monoisotopic (exact) mass is 200 g/mol. The van der Waals surface area contributed by atoms with E-state index in [9.17, 15) is 0 Å².